The first-order valence-corrected chi connectivity index (χ1v) is 7.54. The molecule has 1 aliphatic heterocycles. The lowest BCUT2D eigenvalue weighted by Crippen LogP contribution is -2.58. The Balaban J connectivity index is 2.34. The molecule has 1 aromatic carbocycles. The van der Waals surface area contributed by atoms with E-state index in [9.17, 15) is 8.42 Å². The first kappa shape index (κ1) is 14.0. The van der Waals surface area contributed by atoms with Gasteiger partial charge in [0.15, 0.2) is 0 Å². The minimum absolute atomic E-state index is 0.184. The summed E-state index contributed by atoms with van der Waals surface area (Å²) in [6.07, 6.45) is 0. The third kappa shape index (κ3) is 2.95. The molecule has 19 heavy (non-hydrogen) atoms. The van der Waals surface area contributed by atoms with Crippen molar-refractivity contribution >= 4 is 10.0 Å². The maximum Gasteiger partial charge on any atom is 0.243 e. The van der Waals surface area contributed by atoms with Gasteiger partial charge < -0.3 is 5.32 Å². The molecule has 5 nitrogen and oxygen atoms in total. The van der Waals surface area contributed by atoms with Gasteiger partial charge in [0.25, 0.3) is 0 Å². The van der Waals surface area contributed by atoms with Crippen molar-refractivity contribution in [1.82, 2.24) is 9.62 Å². The van der Waals surface area contributed by atoms with Crippen molar-refractivity contribution in [1.29, 1.82) is 5.26 Å². The van der Waals surface area contributed by atoms with E-state index in [1.54, 1.807) is 12.1 Å². The van der Waals surface area contributed by atoms with Gasteiger partial charge in [0, 0.05) is 25.2 Å². The number of rotatable bonds is 2. The summed E-state index contributed by atoms with van der Waals surface area (Å²) in [6, 6.07) is 8.11. The number of nitrogens with zero attached hydrogens (tertiary/aromatic N) is 2. The van der Waals surface area contributed by atoms with Crippen LogP contribution in [0.4, 0.5) is 0 Å². The maximum atomic E-state index is 12.5. The summed E-state index contributed by atoms with van der Waals surface area (Å²) in [4.78, 5) is 0.184. The molecule has 0 amide bonds. The molecule has 1 heterocycles. The van der Waals surface area contributed by atoms with Gasteiger partial charge in [-0.2, -0.15) is 9.57 Å². The van der Waals surface area contributed by atoms with Crippen molar-refractivity contribution in [2.75, 3.05) is 19.6 Å². The van der Waals surface area contributed by atoms with Crippen molar-refractivity contribution in [3.05, 3.63) is 29.8 Å². The Morgan fingerprint density at radius 1 is 1.42 bits per heavy atom. The molecule has 0 aliphatic carbocycles. The molecule has 0 atom stereocenters. The van der Waals surface area contributed by atoms with Crippen molar-refractivity contribution in [3.8, 4) is 6.07 Å². The monoisotopic (exact) mass is 279 g/mol. The van der Waals surface area contributed by atoms with Crippen molar-refractivity contribution < 1.29 is 8.42 Å². The highest BCUT2D eigenvalue weighted by molar-refractivity contribution is 7.89. The van der Waals surface area contributed by atoms with E-state index in [2.05, 4.69) is 5.32 Å². The van der Waals surface area contributed by atoms with Gasteiger partial charge in [0.1, 0.15) is 0 Å². The fraction of sp³-hybridized carbons (Fsp3) is 0.462. The van der Waals surface area contributed by atoms with Crippen molar-refractivity contribution in [3.63, 3.8) is 0 Å². The molecule has 0 aromatic heterocycles. The quantitative estimate of drug-likeness (QED) is 0.874. The average molecular weight is 279 g/mol. The van der Waals surface area contributed by atoms with Crippen LogP contribution in [0.5, 0.6) is 0 Å². The third-order valence-electron chi connectivity index (χ3n) is 3.14. The smallest absolute Gasteiger partial charge is 0.243 e. The Hall–Kier alpha value is -1.42. The largest absolute Gasteiger partial charge is 0.309 e. The molecule has 1 aliphatic rings. The second kappa shape index (κ2) is 4.93. The van der Waals surface area contributed by atoms with Crippen LogP contribution in [0, 0.1) is 11.3 Å². The molecule has 2 rings (SSSR count). The molecule has 6 heteroatoms. The van der Waals surface area contributed by atoms with E-state index >= 15 is 0 Å². The molecule has 0 saturated carbocycles. The van der Waals surface area contributed by atoms with Gasteiger partial charge in [0.2, 0.25) is 10.0 Å². The molecule has 1 N–H and O–H groups in total. The van der Waals surface area contributed by atoms with Crippen LogP contribution in [0.25, 0.3) is 0 Å². The van der Waals surface area contributed by atoms with Crippen molar-refractivity contribution in [2.45, 2.75) is 24.3 Å². The molecule has 102 valence electrons. The van der Waals surface area contributed by atoms with Gasteiger partial charge in [-0.1, -0.05) is 6.07 Å². The standard InChI is InChI=1S/C13H17N3O2S/c1-13(2)10-16(7-6-15-13)19(17,18)12-5-3-4-11(8-12)9-14/h3-5,8,15H,6-7,10H2,1-2H3. The van der Waals surface area contributed by atoms with E-state index in [4.69, 9.17) is 5.26 Å². The number of nitrogens with one attached hydrogen (secondary N) is 1. The molecule has 0 radical (unpaired) electrons. The van der Waals surface area contributed by atoms with Crippen LogP contribution >= 0.6 is 0 Å². The van der Waals surface area contributed by atoms with Gasteiger partial charge >= 0.3 is 0 Å². The Morgan fingerprint density at radius 3 is 2.79 bits per heavy atom. The predicted molar refractivity (Wildman–Crippen MR) is 72.0 cm³/mol. The van der Waals surface area contributed by atoms with Crippen LogP contribution in [0.15, 0.2) is 29.2 Å². The summed E-state index contributed by atoms with van der Waals surface area (Å²) in [5.74, 6) is 0. The molecule has 0 spiro atoms. The summed E-state index contributed by atoms with van der Waals surface area (Å²) in [5, 5.41) is 12.1. The third-order valence-corrected chi connectivity index (χ3v) is 4.98. The lowest BCUT2D eigenvalue weighted by atomic mass is 10.0. The van der Waals surface area contributed by atoms with Crippen LogP contribution in [0.2, 0.25) is 0 Å². The van der Waals surface area contributed by atoms with E-state index in [1.807, 2.05) is 19.9 Å². The van der Waals surface area contributed by atoms with E-state index < -0.39 is 10.0 Å². The van der Waals surface area contributed by atoms with Crippen LogP contribution in [0.3, 0.4) is 0 Å². The van der Waals surface area contributed by atoms with E-state index in [0.29, 0.717) is 25.2 Å². The first-order chi connectivity index (χ1) is 8.85. The summed E-state index contributed by atoms with van der Waals surface area (Å²) < 4.78 is 26.5. The van der Waals surface area contributed by atoms with E-state index in [-0.39, 0.29) is 10.4 Å². The van der Waals surface area contributed by atoms with Crippen LogP contribution in [-0.2, 0) is 10.0 Å². The summed E-state index contributed by atoms with van der Waals surface area (Å²) >= 11 is 0. The van der Waals surface area contributed by atoms with Gasteiger partial charge in [-0.15, -0.1) is 0 Å². The maximum absolute atomic E-state index is 12.5. The molecule has 1 fully saturated rings. The Kier molecular flexibility index (Phi) is 3.63. The Bertz CT molecular complexity index is 617. The number of piperazine rings is 1. The normalized spacial score (nSPS) is 19.8. The minimum atomic E-state index is -3.52. The van der Waals surface area contributed by atoms with Gasteiger partial charge in [-0.05, 0) is 32.0 Å². The summed E-state index contributed by atoms with van der Waals surface area (Å²) in [6.45, 7) is 5.44. The molecular formula is C13H17N3O2S. The van der Waals surface area contributed by atoms with Crippen LogP contribution in [-0.4, -0.2) is 37.9 Å². The van der Waals surface area contributed by atoms with Crippen molar-refractivity contribution in [2.24, 2.45) is 0 Å². The minimum Gasteiger partial charge on any atom is -0.309 e. The van der Waals surface area contributed by atoms with Gasteiger partial charge in [-0.25, -0.2) is 8.42 Å². The van der Waals surface area contributed by atoms with Crippen LogP contribution in [0.1, 0.15) is 19.4 Å². The number of benzene rings is 1. The lowest BCUT2D eigenvalue weighted by molar-refractivity contribution is 0.233. The molecule has 0 unspecified atom stereocenters. The highest BCUT2D eigenvalue weighted by Gasteiger charge is 2.33. The molecule has 0 bridgehead atoms. The molecule has 1 aromatic rings. The highest BCUT2D eigenvalue weighted by atomic mass is 32.2. The fourth-order valence-electron chi connectivity index (χ4n) is 2.18. The topological polar surface area (TPSA) is 73.2 Å². The zero-order valence-corrected chi connectivity index (χ0v) is 11.9. The zero-order chi connectivity index (χ0) is 14.1. The Labute approximate surface area is 113 Å². The molecule has 1 saturated heterocycles. The Morgan fingerprint density at radius 2 is 2.16 bits per heavy atom. The number of hydrogen-bond acceptors (Lipinski definition) is 4. The SMILES string of the molecule is CC1(C)CN(S(=O)(=O)c2cccc(C#N)c2)CCN1. The number of hydrogen-bond donors (Lipinski definition) is 1. The summed E-state index contributed by atoms with van der Waals surface area (Å²) in [7, 11) is -3.52. The first-order valence-electron chi connectivity index (χ1n) is 6.10. The lowest BCUT2D eigenvalue weighted by Gasteiger charge is -2.38. The second-order valence-corrected chi connectivity index (χ2v) is 7.23. The highest BCUT2D eigenvalue weighted by Crippen LogP contribution is 2.21. The average Bonchev–Trinajstić information content (AvgIpc) is 2.37. The molecular weight excluding hydrogens is 262 g/mol. The summed E-state index contributed by atoms with van der Waals surface area (Å²) in [5.41, 5.74) is 0.119. The second-order valence-electron chi connectivity index (χ2n) is 5.29. The number of sulfonamides is 1. The number of nitriles is 1. The predicted octanol–water partition coefficient (Wildman–Crippen LogP) is 0.931. The van der Waals surface area contributed by atoms with Gasteiger partial charge in [0.05, 0.1) is 16.5 Å². The van der Waals surface area contributed by atoms with Gasteiger partial charge in [-0.3, -0.25) is 0 Å². The van der Waals surface area contributed by atoms with Crippen LogP contribution < -0.4 is 5.32 Å². The van der Waals surface area contributed by atoms with E-state index in [0.717, 1.165) is 0 Å². The fourth-order valence-corrected chi connectivity index (χ4v) is 3.82. The zero-order valence-electron chi connectivity index (χ0n) is 11.0. The van der Waals surface area contributed by atoms with E-state index in [1.165, 1.54) is 16.4 Å².